The number of thiazole rings is 1. The van der Waals surface area contributed by atoms with Gasteiger partial charge >= 0.3 is 6.03 Å². The number of carbonyl (C=O) groups is 1. The second-order valence-corrected chi connectivity index (χ2v) is 6.70. The van der Waals surface area contributed by atoms with Gasteiger partial charge in [0.15, 0.2) is 5.82 Å². The highest BCUT2D eigenvalue weighted by atomic mass is 32.1. The number of amides is 2. The summed E-state index contributed by atoms with van der Waals surface area (Å²) >= 11 is 1.52. The van der Waals surface area contributed by atoms with Crippen LogP contribution < -0.4 is 10.6 Å². The molecule has 26 heavy (non-hydrogen) atoms. The monoisotopic (exact) mass is 363 g/mol. The van der Waals surface area contributed by atoms with Crippen LogP contribution in [0.25, 0.3) is 22.6 Å². The number of aromatic amines is 1. The molecule has 0 saturated heterocycles. The molecule has 0 fully saturated rings. The highest BCUT2D eigenvalue weighted by Crippen LogP contribution is 2.22. The van der Waals surface area contributed by atoms with Crippen LogP contribution in [-0.2, 0) is 6.54 Å². The van der Waals surface area contributed by atoms with E-state index in [0.717, 1.165) is 28.1 Å². The lowest BCUT2D eigenvalue weighted by molar-refractivity contribution is 0.251. The zero-order valence-electron chi connectivity index (χ0n) is 14.1. The van der Waals surface area contributed by atoms with Crippen LogP contribution in [0.1, 0.15) is 11.1 Å². The fourth-order valence-electron chi connectivity index (χ4n) is 2.60. The standard InChI is InChI=1S/C19H17N5OS/c1-12-2-4-13(5-3-12)9-20-19(25)22-14-6-7-15-16(8-14)24-18(23-15)17-10-26-11-21-17/h2-8,10-11H,9H2,1H3,(H,23,24)(H2,20,22,25). The Morgan fingerprint density at radius 3 is 2.81 bits per heavy atom. The first-order chi connectivity index (χ1) is 12.7. The number of imidazole rings is 1. The van der Waals surface area contributed by atoms with Crippen LogP contribution in [0.4, 0.5) is 10.5 Å². The van der Waals surface area contributed by atoms with Gasteiger partial charge in [-0.05, 0) is 30.7 Å². The highest BCUT2D eigenvalue weighted by Gasteiger charge is 2.08. The SMILES string of the molecule is Cc1ccc(CNC(=O)Nc2ccc3[nH]c(-c4cscn4)nc3c2)cc1. The van der Waals surface area contributed by atoms with Gasteiger partial charge in [0.2, 0.25) is 0 Å². The van der Waals surface area contributed by atoms with Crippen LogP contribution in [0.2, 0.25) is 0 Å². The molecule has 2 heterocycles. The number of aryl methyl sites for hydroxylation is 1. The van der Waals surface area contributed by atoms with Crippen molar-refractivity contribution in [2.45, 2.75) is 13.5 Å². The minimum Gasteiger partial charge on any atom is -0.337 e. The maximum absolute atomic E-state index is 12.1. The summed E-state index contributed by atoms with van der Waals surface area (Å²) in [5, 5.41) is 7.64. The van der Waals surface area contributed by atoms with Gasteiger partial charge in [-0.3, -0.25) is 0 Å². The zero-order valence-corrected chi connectivity index (χ0v) is 14.9. The first-order valence-electron chi connectivity index (χ1n) is 8.16. The molecule has 0 aliphatic heterocycles. The van der Waals surface area contributed by atoms with Crippen LogP contribution in [0.3, 0.4) is 0 Å². The van der Waals surface area contributed by atoms with Crippen LogP contribution in [0.5, 0.6) is 0 Å². The van der Waals surface area contributed by atoms with Crippen molar-refractivity contribution >= 4 is 34.1 Å². The van der Waals surface area contributed by atoms with Crippen molar-refractivity contribution < 1.29 is 4.79 Å². The van der Waals surface area contributed by atoms with Crippen molar-refractivity contribution in [2.24, 2.45) is 0 Å². The van der Waals surface area contributed by atoms with Gasteiger partial charge in [-0.25, -0.2) is 14.8 Å². The lowest BCUT2D eigenvalue weighted by atomic mass is 10.1. The van der Waals surface area contributed by atoms with E-state index in [4.69, 9.17) is 0 Å². The van der Waals surface area contributed by atoms with Crippen molar-refractivity contribution in [3.63, 3.8) is 0 Å². The number of hydrogen-bond acceptors (Lipinski definition) is 4. The van der Waals surface area contributed by atoms with Crippen molar-refractivity contribution in [3.8, 4) is 11.5 Å². The first kappa shape index (κ1) is 16.3. The Bertz CT molecular complexity index is 1040. The van der Waals surface area contributed by atoms with Gasteiger partial charge in [-0.1, -0.05) is 29.8 Å². The van der Waals surface area contributed by atoms with E-state index in [1.165, 1.54) is 16.9 Å². The highest BCUT2D eigenvalue weighted by molar-refractivity contribution is 7.07. The number of hydrogen-bond donors (Lipinski definition) is 3. The number of anilines is 1. The minimum absolute atomic E-state index is 0.250. The van der Waals surface area contributed by atoms with Crippen LogP contribution >= 0.6 is 11.3 Å². The lowest BCUT2D eigenvalue weighted by Crippen LogP contribution is -2.28. The van der Waals surface area contributed by atoms with Crippen molar-refractivity contribution in [2.75, 3.05) is 5.32 Å². The third-order valence-corrected chi connectivity index (χ3v) is 4.58. The van der Waals surface area contributed by atoms with Gasteiger partial charge in [0, 0.05) is 17.6 Å². The number of nitrogens with zero attached hydrogens (tertiary/aromatic N) is 2. The fraction of sp³-hybridized carbons (Fsp3) is 0.105. The van der Waals surface area contributed by atoms with Crippen LogP contribution in [0.15, 0.2) is 53.4 Å². The van der Waals surface area contributed by atoms with E-state index in [1.807, 2.05) is 54.8 Å². The molecule has 0 atom stereocenters. The fourth-order valence-corrected chi connectivity index (χ4v) is 3.13. The van der Waals surface area contributed by atoms with Gasteiger partial charge in [0.05, 0.1) is 16.5 Å². The molecule has 0 unspecified atom stereocenters. The van der Waals surface area contributed by atoms with Crippen molar-refractivity contribution in [1.82, 2.24) is 20.3 Å². The van der Waals surface area contributed by atoms with E-state index in [9.17, 15) is 4.79 Å². The second kappa shape index (κ2) is 6.97. The molecule has 7 heteroatoms. The molecule has 0 aliphatic rings. The van der Waals surface area contributed by atoms with Crippen molar-refractivity contribution in [1.29, 1.82) is 0 Å². The van der Waals surface area contributed by atoms with Crippen LogP contribution in [-0.4, -0.2) is 21.0 Å². The van der Waals surface area contributed by atoms with Gasteiger partial charge in [-0.15, -0.1) is 11.3 Å². The molecule has 4 aromatic rings. The summed E-state index contributed by atoms with van der Waals surface area (Å²) in [5.41, 5.74) is 7.21. The quantitative estimate of drug-likeness (QED) is 0.505. The molecule has 2 aromatic heterocycles. The van der Waals surface area contributed by atoms with Crippen LogP contribution in [0, 0.1) is 6.92 Å². The Morgan fingerprint density at radius 2 is 2.04 bits per heavy atom. The topological polar surface area (TPSA) is 82.7 Å². The zero-order chi connectivity index (χ0) is 17.9. The summed E-state index contributed by atoms with van der Waals surface area (Å²) in [6.07, 6.45) is 0. The van der Waals surface area contributed by atoms with E-state index in [-0.39, 0.29) is 6.03 Å². The average Bonchev–Trinajstić information content (AvgIpc) is 3.30. The first-order valence-corrected chi connectivity index (χ1v) is 9.10. The summed E-state index contributed by atoms with van der Waals surface area (Å²) in [6, 6.07) is 13.4. The van der Waals surface area contributed by atoms with Crippen molar-refractivity contribution in [3.05, 3.63) is 64.5 Å². The van der Waals surface area contributed by atoms with Gasteiger partial charge in [-0.2, -0.15) is 0 Å². The Balaban J connectivity index is 1.43. The number of carbonyl (C=O) groups excluding carboxylic acids is 1. The van der Waals surface area contributed by atoms with Gasteiger partial charge in [0.25, 0.3) is 0 Å². The van der Waals surface area contributed by atoms with E-state index < -0.39 is 0 Å². The number of urea groups is 1. The average molecular weight is 363 g/mol. The predicted octanol–water partition coefficient (Wildman–Crippen LogP) is 4.32. The Labute approximate surface area is 154 Å². The third kappa shape index (κ3) is 3.57. The Hall–Kier alpha value is -3.19. The van der Waals surface area contributed by atoms with E-state index in [2.05, 4.69) is 25.6 Å². The number of H-pyrrole nitrogens is 1. The molecule has 4 rings (SSSR count). The maximum atomic E-state index is 12.1. The summed E-state index contributed by atoms with van der Waals surface area (Å²) in [6.45, 7) is 2.51. The van der Waals surface area contributed by atoms with Gasteiger partial charge < -0.3 is 15.6 Å². The molecule has 0 spiro atoms. The largest absolute Gasteiger partial charge is 0.337 e. The molecular formula is C19H17N5OS. The smallest absolute Gasteiger partial charge is 0.319 e. The lowest BCUT2D eigenvalue weighted by Gasteiger charge is -2.08. The molecule has 2 aromatic carbocycles. The minimum atomic E-state index is -0.250. The number of nitrogens with one attached hydrogen (secondary N) is 3. The van der Waals surface area contributed by atoms with E-state index in [0.29, 0.717) is 12.2 Å². The Morgan fingerprint density at radius 1 is 1.19 bits per heavy atom. The van der Waals surface area contributed by atoms with Gasteiger partial charge in [0.1, 0.15) is 5.69 Å². The second-order valence-electron chi connectivity index (χ2n) is 5.98. The molecule has 2 amide bonds. The summed E-state index contributed by atoms with van der Waals surface area (Å²) in [7, 11) is 0. The van der Waals surface area contributed by atoms with E-state index >= 15 is 0 Å². The third-order valence-electron chi connectivity index (χ3n) is 3.99. The number of benzene rings is 2. The summed E-state index contributed by atoms with van der Waals surface area (Å²) in [4.78, 5) is 24.2. The maximum Gasteiger partial charge on any atom is 0.319 e. The summed E-state index contributed by atoms with van der Waals surface area (Å²) < 4.78 is 0. The molecule has 6 nitrogen and oxygen atoms in total. The molecular weight excluding hydrogens is 346 g/mol. The molecule has 3 N–H and O–H groups in total. The molecule has 130 valence electrons. The normalized spacial score (nSPS) is 10.8. The number of aromatic nitrogens is 3. The number of rotatable bonds is 4. The predicted molar refractivity (Wildman–Crippen MR) is 104 cm³/mol. The molecule has 0 aliphatic carbocycles. The Kier molecular flexibility index (Phi) is 4.37. The number of fused-ring (bicyclic) bond motifs is 1. The molecule has 0 saturated carbocycles. The molecule has 0 bridgehead atoms. The van der Waals surface area contributed by atoms with E-state index in [1.54, 1.807) is 5.51 Å². The molecule has 0 radical (unpaired) electrons. The summed E-state index contributed by atoms with van der Waals surface area (Å²) in [5.74, 6) is 0.724.